The molecule has 2 heterocycles. The van der Waals surface area contributed by atoms with Crippen molar-refractivity contribution in [2.24, 2.45) is 0 Å². The molecule has 0 saturated carbocycles. The molecule has 0 aliphatic carbocycles. The van der Waals surface area contributed by atoms with Gasteiger partial charge in [-0.05, 0) is 31.5 Å². The van der Waals surface area contributed by atoms with Crippen LogP contribution in [0.5, 0.6) is 11.5 Å². The Kier molecular flexibility index (Phi) is 5.03. The second-order valence-electron chi connectivity index (χ2n) is 5.17. The highest BCUT2D eigenvalue weighted by molar-refractivity contribution is 8.19. The molecule has 0 atom stereocenters. The number of nitrogens with zero attached hydrogens (tertiary/aromatic N) is 1. The smallest absolute Gasteiger partial charge is 0.344 e. The molecule has 1 aliphatic rings. The van der Waals surface area contributed by atoms with Crippen LogP contribution in [0, 0.1) is 13.8 Å². The number of aryl methyl sites for hydroxylation is 2. The van der Waals surface area contributed by atoms with E-state index in [9.17, 15) is 8.42 Å². The van der Waals surface area contributed by atoms with Crippen molar-refractivity contribution >= 4 is 33.6 Å². The van der Waals surface area contributed by atoms with E-state index in [0.717, 1.165) is 17.1 Å². The topological polar surface area (TPSA) is 78.6 Å². The van der Waals surface area contributed by atoms with Gasteiger partial charge in [0, 0.05) is 11.5 Å². The summed E-state index contributed by atoms with van der Waals surface area (Å²) in [5.74, 6) is 2.94. The summed E-state index contributed by atoms with van der Waals surface area (Å²) in [5.41, 5.74) is 1.35. The first-order valence-electron chi connectivity index (χ1n) is 7.21. The van der Waals surface area contributed by atoms with Gasteiger partial charge in [0.1, 0.15) is 5.69 Å². The molecule has 1 aliphatic heterocycles. The molecule has 1 aromatic carbocycles. The van der Waals surface area contributed by atoms with Crippen LogP contribution >= 0.6 is 23.5 Å². The molecule has 130 valence electrons. The number of methoxy groups -OCH3 is 1. The summed E-state index contributed by atoms with van der Waals surface area (Å²) in [4.78, 5) is -0.0458. The standard InChI is InChI=1S/C15H17NO5S3/c1-9-14(10(2)20-16-9)24(17,18)21-12-5-4-11(8-13(12)19-3)15-22-6-7-23-15/h4-5,8,15H,6-7H2,1-3H3. The van der Waals surface area contributed by atoms with E-state index in [2.05, 4.69) is 5.16 Å². The first kappa shape index (κ1) is 17.5. The second kappa shape index (κ2) is 6.89. The maximum absolute atomic E-state index is 12.5. The van der Waals surface area contributed by atoms with Gasteiger partial charge in [0.05, 0.1) is 11.7 Å². The first-order valence-corrected chi connectivity index (χ1v) is 10.7. The molecule has 9 heteroatoms. The highest BCUT2D eigenvalue weighted by Crippen LogP contribution is 2.47. The highest BCUT2D eigenvalue weighted by Gasteiger charge is 2.28. The van der Waals surface area contributed by atoms with Crippen molar-refractivity contribution in [3.8, 4) is 11.5 Å². The van der Waals surface area contributed by atoms with Gasteiger partial charge < -0.3 is 13.4 Å². The molecule has 0 N–H and O–H groups in total. The zero-order valence-electron chi connectivity index (χ0n) is 13.4. The van der Waals surface area contributed by atoms with Gasteiger partial charge in [0.25, 0.3) is 0 Å². The summed E-state index contributed by atoms with van der Waals surface area (Å²) in [7, 11) is -2.55. The predicted octanol–water partition coefficient (Wildman–Crippen LogP) is 3.55. The van der Waals surface area contributed by atoms with Gasteiger partial charge in [-0.1, -0.05) is 11.2 Å². The van der Waals surface area contributed by atoms with E-state index in [4.69, 9.17) is 13.4 Å². The summed E-state index contributed by atoms with van der Waals surface area (Å²) in [5, 5.41) is 3.66. The fraction of sp³-hybridized carbons (Fsp3) is 0.400. The van der Waals surface area contributed by atoms with E-state index < -0.39 is 10.1 Å². The van der Waals surface area contributed by atoms with Crippen LogP contribution in [0.2, 0.25) is 0 Å². The van der Waals surface area contributed by atoms with E-state index >= 15 is 0 Å². The molecule has 3 rings (SSSR count). The minimum atomic E-state index is -4.04. The maximum Gasteiger partial charge on any atom is 0.344 e. The van der Waals surface area contributed by atoms with Crippen LogP contribution in [0.15, 0.2) is 27.6 Å². The Morgan fingerprint density at radius 2 is 1.92 bits per heavy atom. The van der Waals surface area contributed by atoms with E-state index in [-0.39, 0.29) is 22.1 Å². The van der Waals surface area contributed by atoms with Crippen molar-refractivity contribution in [2.45, 2.75) is 23.3 Å². The second-order valence-corrected chi connectivity index (χ2v) is 9.38. The number of aromatic nitrogens is 1. The number of ether oxygens (including phenoxy) is 1. The Hall–Kier alpha value is -1.32. The van der Waals surface area contributed by atoms with Gasteiger partial charge in [-0.3, -0.25) is 0 Å². The Morgan fingerprint density at radius 3 is 2.50 bits per heavy atom. The van der Waals surface area contributed by atoms with Crippen molar-refractivity contribution < 1.29 is 21.9 Å². The van der Waals surface area contributed by atoms with Gasteiger partial charge in [-0.15, -0.1) is 23.5 Å². The average molecular weight is 388 g/mol. The summed E-state index contributed by atoms with van der Waals surface area (Å²) in [6, 6.07) is 5.33. The lowest BCUT2D eigenvalue weighted by Gasteiger charge is -2.14. The fourth-order valence-corrected chi connectivity index (χ4v) is 6.53. The predicted molar refractivity (Wildman–Crippen MR) is 94.4 cm³/mol. The largest absolute Gasteiger partial charge is 0.493 e. The first-order chi connectivity index (χ1) is 11.4. The monoisotopic (exact) mass is 387 g/mol. The lowest BCUT2D eigenvalue weighted by Crippen LogP contribution is -2.12. The molecule has 24 heavy (non-hydrogen) atoms. The Labute approximate surface area is 149 Å². The summed E-state index contributed by atoms with van der Waals surface area (Å²) < 4.78 is 40.9. The molecule has 1 saturated heterocycles. The SMILES string of the molecule is COc1cc(C2SCCS2)ccc1OS(=O)(=O)c1c(C)noc1C. The van der Waals surface area contributed by atoms with Crippen molar-refractivity contribution in [3.05, 3.63) is 35.2 Å². The third-order valence-electron chi connectivity index (χ3n) is 3.50. The van der Waals surface area contributed by atoms with Gasteiger partial charge >= 0.3 is 10.1 Å². The van der Waals surface area contributed by atoms with E-state index in [1.165, 1.54) is 14.0 Å². The number of thioether (sulfide) groups is 2. The normalized spacial score (nSPS) is 15.6. The Morgan fingerprint density at radius 1 is 1.21 bits per heavy atom. The quantitative estimate of drug-likeness (QED) is 0.721. The highest BCUT2D eigenvalue weighted by atomic mass is 32.2. The molecule has 0 spiro atoms. The maximum atomic E-state index is 12.5. The molecule has 2 aromatic rings. The van der Waals surface area contributed by atoms with Crippen LogP contribution < -0.4 is 8.92 Å². The Balaban J connectivity index is 1.92. The molecule has 0 unspecified atom stereocenters. The third kappa shape index (κ3) is 3.38. The number of benzene rings is 1. The summed E-state index contributed by atoms with van der Waals surface area (Å²) in [6.45, 7) is 3.09. The van der Waals surface area contributed by atoms with Gasteiger partial charge in [-0.25, -0.2) is 0 Å². The Bertz CT molecular complexity index is 821. The van der Waals surface area contributed by atoms with E-state index in [1.54, 1.807) is 13.0 Å². The van der Waals surface area contributed by atoms with Crippen molar-refractivity contribution in [3.63, 3.8) is 0 Å². The zero-order valence-corrected chi connectivity index (χ0v) is 15.9. The van der Waals surface area contributed by atoms with Gasteiger partial charge in [-0.2, -0.15) is 8.42 Å². The summed E-state index contributed by atoms with van der Waals surface area (Å²) >= 11 is 3.73. The molecular formula is C15H17NO5S3. The molecule has 1 aromatic heterocycles. The fourth-order valence-electron chi connectivity index (χ4n) is 2.44. The number of rotatable bonds is 5. The van der Waals surface area contributed by atoms with Crippen molar-refractivity contribution in [2.75, 3.05) is 18.6 Å². The molecule has 0 radical (unpaired) electrons. The summed E-state index contributed by atoms with van der Waals surface area (Å²) in [6.07, 6.45) is 0. The van der Waals surface area contributed by atoms with E-state index in [0.29, 0.717) is 10.3 Å². The van der Waals surface area contributed by atoms with Crippen LogP contribution in [0.1, 0.15) is 21.6 Å². The minimum Gasteiger partial charge on any atom is -0.493 e. The molecule has 6 nitrogen and oxygen atoms in total. The molecule has 0 bridgehead atoms. The zero-order chi connectivity index (χ0) is 17.3. The van der Waals surface area contributed by atoms with Gasteiger partial charge in [0.2, 0.25) is 0 Å². The van der Waals surface area contributed by atoms with Crippen LogP contribution in [0.25, 0.3) is 0 Å². The van der Waals surface area contributed by atoms with Gasteiger partial charge in [0.15, 0.2) is 22.2 Å². The third-order valence-corrected chi connectivity index (χ3v) is 8.09. The van der Waals surface area contributed by atoms with Crippen LogP contribution in [-0.2, 0) is 10.1 Å². The van der Waals surface area contributed by atoms with Crippen molar-refractivity contribution in [1.29, 1.82) is 0 Å². The number of hydrogen-bond acceptors (Lipinski definition) is 8. The number of hydrogen-bond donors (Lipinski definition) is 0. The van der Waals surface area contributed by atoms with E-state index in [1.807, 2.05) is 35.7 Å². The minimum absolute atomic E-state index is 0.0458. The lowest BCUT2D eigenvalue weighted by molar-refractivity contribution is 0.385. The van der Waals surface area contributed by atoms with Crippen LogP contribution in [-0.4, -0.2) is 32.2 Å². The molecule has 1 fully saturated rings. The van der Waals surface area contributed by atoms with Crippen LogP contribution in [0.4, 0.5) is 0 Å². The molecular weight excluding hydrogens is 370 g/mol. The average Bonchev–Trinajstić information content (AvgIpc) is 3.17. The lowest BCUT2D eigenvalue weighted by atomic mass is 10.2. The molecule has 0 amide bonds. The van der Waals surface area contributed by atoms with Crippen LogP contribution in [0.3, 0.4) is 0 Å². The van der Waals surface area contributed by atoms with Crippen molar-refractivity contribution in [1.82, 2.24) is 5.16 Å².